The van der Waals surface area contributed by atoms with E-state index in [1.54, 1.807) is 43.2 Å². The van der Waals surface area contributed by atoms with Gasteiger partial charge in [0.15, 0.2) is 11.0 Å². The van der Waals surface area contributed by atoms with Crippen molar-refractivity contribution in [2.24, 2.45) is 0 Å². The number of halogens is 1. The third kappa shape index (κ3) is 4.20. The van der Waals surface area contributed by atoms with Gasteiger partial charge in [0.25, 0.3) is 0 Å². The third-order valence-corrected chi connectivity index (χ3v) is 5.94. The first-order valence-corrected chi connectivity index (χ1v) is 11.1. The van der Waals surface area contributed by atoms with Gasteiger partial charge in [-0.05, 0) is 25.1 Å². The Morgan fingerprint density at radius 1 is 1.26 bits per heavy atom. The van der Waals surface area contributed by atoms with Crippen LogP contribution in [0, 0.1) is 6.92 Å². The fourth-order valence-electron chi connectivity index (χ4n) is 3.84. The molecule has 1 aliphatic heterocycles. The van der Waals surface area contributed by atoms with Crippen LogP contribution < -0.4 is 5.32 Å². The first-order valence-electron chi connectivity index (χ1n) is 10.7. The van der Waals surface area contributed by atoms with Gasteiger partial charge in [0.05, 0.1) is 17.3 Å². The van der Waals surface area contributed by atoms with Crippen molar-refractivity contribution in [2.75, 3.05) is 32.5 Å². The molecule has 0 saturated carbocycles. The van der Waals surface area contributed by atoms with Crippen molar-refractivity contribution in [3.8, 4) is 5.82 Å². The van der Waals surface area contributed by atoms with E-state index >= 15 is 0 Å². The van der Waals surface area contributed by atoms with Crippen molar-refractivity contribution in [1.29, 1.82) is 0 Å². The number of aliphatic hydroxyl groups is 1. The fourth-order valence-corrected chi connectivity index (χ4v) is 4.07. The molecule has 5 rings (SSSR count). The highest BCUT2D eigenvalue weighted by Crippen LogP contribution is 2.27. The van der Waals surface area contributed by atoms with Gasteiger partial charge in [-0.25, -0.2) is 14.5 Å². The van der Waals surface area contributed by atoms with Crippen LogP contribution in [0.25, 0.3) is 16.7 Å². The van der Waals surface area contributed by atoms with Crippen LogP contribution in [-0.2, 0) is 6.54 Å². The van der Waals surface area contributed by atoms with E-state index in [-0.39, 0.29) is 17.3 Å². The highest BCUT2D eigenvalue weighted by Gasteiger charge is 2.25. The summed E-state index contributed by atoms with van der Waals surface area (Å²) in [4.78, 5) is 24.9. The van der Waals surface area contributed by atoms with Crippen LogP contribution in [0.3, 0.4) is 0 Å². The average Bonchev–Trinajstić information content (AvgIpc) is 3.32. The first-order chi connectivity index (χ1) is 16.3. The second-order valence-electron chi connectivity index (χ2n) is 8.51. The topological polar surface area (TPSA) is 117 Å². The van der Waals surface area contributed by atoms with E-state index in [2.05, 4.69) is 30.4 Å². The Bertz CT molecular complexity index is 1370. The lowest BCUT2D eigenvalue weighted by Crippen LogP contribution is -2.49. The lowest BCUT2D eigenvalue weighted by atomic mass is 10.1. The maximum Gasteiger partial charge on any atom is 0.344 e. The Balaban J connectivity index is 1.37. The van der Waals surface area contributed by atoms with E-state index in [4.69, 9.17) is 11.6 Å². The second-order valence-corrected chi connectivity index (χ2v) is 8.87. The zero-order valence-corrected chi connectivity index (χ0v) is 19.7. The minimum atomic E-state index is -0.284. The Morgan fingerprint density at radius 2 is 2.06 bits per heavy atom. The van der Waals surface area contributed by atoms with Gasteiger partial charge >= 0.3 is 6.03 Å². The lowest BCUT2D eigenvalue weighted by molar-refractivity contribution is -0.00297. The fraction of sp³-hybridized carbons (Fsp3) is 0.318. The summed E-state index contributed by atoms with van der Waals surface area (Å²) in [5, 5.41) is 22.3. The normalized spacial score (nSPS) is 14.4. The number of fused-ring (bicyclic) bond motifs is 1. The van der Waals surface area contributed by atoms with Crippen LogP contribution in [-0.4, -0.2) is 83.8 Å². The number of nitrogens with one attached hydrogen (secondary N) is 1. The number of anilines is 2. The second kappa shape index (κ2) is 8.67. The molecule has 0 radical (unpaired) electrons. The molecule has 0 bridgehead atoms. The van der Waals surface area contributed by atoms with Gasteiger partial charge in [-0.15, -0.1) is 0 Å². The van der Waals surface area contributed by atoms with Crippen molar-refractivity contribution >= 4 is 40.2 Å². The van der Waals surface area contributed by atoms with Crippen LogP contribution in [0.2, 0.25) is 5.15 Å². The number of aryl methyl sites for hydroxylation is 1. The number of aliphatic hydroxyl groups excluding tert-OH is 1. The number of β-amino-alcohol motifs (C(OH)–C–C–N with tert-alkyl or cyclic N) is 1. The molecule has 0 atom stereocenters. The van der Waals surface area contributed by atoms with Gasteiger partial charge in [-0.2, -0.15) is 19.9 Å². The Labute approximate surface area is 200 Å². The smallest absolute Gasteiger partial charge is 0.344 e. The summed E-state index contributed by atoms with van der Waals surface area (Å²) in [5.74, 6) is 1.02. The highest BCUT2D eigenvalue weighted by atomic mass is 35.5. The molecule has 1 aromatic carbocycles. The number of amides is 1. The monoisotopic (exact) mass is 481 g/mol. The zero-order chi connectivity index (χ0) is 24.0. The number of benzene rings is 1. The summed E-state index contributed by atoms with van der Waals surface area (Å²) < 4.78 is 3.00. The molecule has 2 N–H and O–H groups in total. The maximum absolute atomic E-state index is 12.3. The summed E-state index contributed by atoms with van der Waals surface area (Å²) in [6.45, 7) is 4.07. The zero-order valence-electron chi connectivity index (χ0n) is 19.0. The van der Waals surface area contributed by atoms with Crippen molar-refractivity contribution < 1.29 is 9.90 Å². The highest BCUT2D eigenvalue weighted by molar-refractivity contribution is 6.34. The molecule has 0 aliphatic carbocycles. The molecular formula is C22H24ClN9O2. The molecule has 176 valence electrons. The number of rotatable bonds is 5. The predicted octanol–water partition coefficient (Wildman–Crippen LogP) is 2.42. The Morgan fingerprint density at radius 3 is 2.79 bits per heavy atom. The Hall–Kier alpha value is -3.54. The summed E-state index contributed by atoms with van der Waals surface area (Å²) in [5.41, 5.74) is 3.32. The van der Waals surface area contributed by atoms with Crippen molar-refractivity contribution in [3.05, 3.63) is 53.1 Å². The minimum Gasteiger partial charge on any atom is -0.390 e. The molecule has 4 heterocycles. The molecule has 1 saturated heterocycles. The SMILES string of the molecule is Cc1nn(-c2ccnc(Nc3ccc4c(c3)c(Cl)nn4C(=O)N(C)C)n2)cc1CN1CC(O)C1. The van der Waals surface area contributed by atoms with E-state index in [0.29, 0.717) is 41.4 Å². The number of aromatic nitrogens is 6. The van der Waals surface area contributed by atoms with Crippen molar-refractivity contribution in [1.82, 2.24) is 39.3 Å². The standard InChI is InChI=1S/C22H24ClN9O2/c1-13-14(9-30-11-16(33)12-30)10-31(27-13)19-6-7-24-21(26-19)25-15-4-5-18-17(8-15)20(23)28-32(18)22(34)29(2)3/h4-8,10,16,33H,9,11-12H2,1-3H3,(H,24,25,26). The minimum absolute atomic E-state index is 0.234. The molecule has 1 fully saturated rings. The van der Waals surface area contributed by atoms with Gasteiger partial charge in [-0.1, -0.05) is 11.6 Å². The summed E-state index contributed by atoms with van der Waals surface area (Å²) in [6, 6.07) is 6.89. The van der Waals surface area contributed by atoms with Gasteiger partial charge in [0.2, 0.25) is 5.95 Å². The number of hydrogen-bond acceptors (Lipinski definition) is 8. The molecule has 0 unspecified atom stereocenters. The first kappa shape index (κ1) is 22.3. The third-order valence-electron chi connectivity index (χ3n) is 5.66. The summed E-state index contributed by atoms with van der Waals surface area (Å²) in [6.07, 6.45) is 3.38. The van der Waals surface area contributed by atoms with Crippen LogP contribution in [0.1, 0.15) is 11.3 Å². The van der Waals surface area contributed by atoms with Crippen molar-refractivity contribution in [2.45, 2.75) is 19.6 Å². The van der Waals surface area contributed by atoms with E-state index in [0.717, 1.165) is 17.8 Å². The number of carbonyl (C=O) groups excluding carboxylic acids is 1. The van der Waals surface area contributed by atoms with Crippen molar-refractivity contribution in [3.63, 3.8) is 0 Å². The number of likely N-dealkylation sites (tertiary alicyclic amines) is 1. The summed E-state index contributed by atoms with van der Waals surface area (Å²) in [7, 11) is 3.31. The van der Waals surface area contributed by atoms with E-state index in [9.17, 15) is 9.90 Å². The molecule has 3 aromatic heterocycles. The largest absolute Gasteiger partial charge is 0.390 e. The van der Waals surface area contributed by atoms with Gasteiger partial charge < -0.3 is 15.3 Å². The number of hydrogen-bond donors (Lipinski definition) is 2. The Kier molecular flexibility index (Phi) is 5.68. The molecule has 0 spiro atoms. The predicted molar refractivity (Wildman–Crippen MR) is 128 cm³/mol. The average molecular weight is 482 g/mol. The lowest BCUT2D eigenvalue weighted by Gasteiger charge is -2.35. The molecule has 4 aromatic rings. The van der Waals surface area contributed by atoms with Crippen LogP contribution >= 0.6 is 11.6 Å². The van der Waals surface area contributed by atoms with Gasteiger partial charge in [-0.3, -0.25) is 4.90 Å². The van der Waals surface area contributed by atoms with Gasteiger partial charge in [0.1, 0.15) is 0 Å². The van der Waals surface area contributed by atoms with Crippen LogP contribution in [0.5, 0.6) is 0 Å². The maximum atomic E-state index is 12.3. The molecule has 1 amide bonds. The molecule has 34 heavy (non-hydrogen) atoms. The quantitative estimate of drug-likeness (QED) is 0.446. The molecular weight excluding hydrogens is 458 g/mol. The van der Waals surface area contributed by atoms with E-state index in [1.807, 2.05) is 19.2 Å². The number of carbonyl (C=O) groups is 1. The van der Waals surface area contributed by atoms with E-state index in [1.165, 1.54) is 9.58 Å². The molecule has 11 nitrogen and oxygen atoms in total. The number of nitrogens with zero attached hydrogens (tertiary/aromatic N) is 8. The van der Waals surface area contributed by atoms with Gasteiger partial charge in [0, 0.05) is 68.8 Å². The molecule has 12 heteroatoms. The summed E-state index contributed by atoms with van der Waals surface area (Å²) >= 11 is 6.29. The van der Waals surface area contributed by atoms with Crippen LogP contribution in [0.15, 0.2) is 36.7 Å². The van der Waals surface area contributed by atoms with Crippen LogP contribution in [0.4, 0.5) is 16.4 Å². The molecule has 1 aliphatic rings. The van der Waals surface area contributed by atoms with E-state index < -0.39 is 0 Å².